The van der Waals surface area contributed by atoms with Gasteiger partial charge >= 0.3 is 0 Å². The van der Waals surface area contributed by atoms with Crippen LogP contribution in [0.5, 0.6) is 0 Å². The predicted molar refractivity (Wildman–Crippen MR) is 80.1 cm³/mol. The van der Waals surface area contributed by atoms with E-state index in [1.54, 1.807) is 13.0 Å². The molecule has 1 amide bonds. The Morgan fingerprint density at radius 2 is 2.35 bits per heavy atom. The molecule has 20 heavy (non-hydrogen) atoms. The number of anilines is 1. The summed E-state index contributed by atoms with van der Waals surface area (Å²) in [5.41, 5.74) is 0.737. The van der Waals surface area contributed by atoms with Gasteiger partial charge in [0.05, 0.1) is 16.6 Å². The maximum Gasteiger partial charge on any atom is 0.240 e. The Morgan fingerprint density at radius 1 is 1.55 bits per heavy atom. The Balaban J connectivity index is 1.87. The van der Waals surface area contributed by atoms with Gasteiger partial charge in [-0.25, -0.2) is 0 Å². The van der Waals surface area contributed by atoms with Gasteiger partial charge in [-0.2, -0.15) is 0 Å². The largest absolute Gasteiger partial charge is 0.338 e. The van der Waals surface area contributed by atoms with Gasteiger partial charge in [-0.05, 0) is 25.6 Å². The van der Waals surface area contributed by atoms with E-state index < -0.39 is 0 Å². The molecule has 0 fully saturated rings. The molecule has 0 unspecified atom stereocenters. The highest BCUT2D eigenvalue weighted by Gasteiger charge is 2.12. The maximum atomic E-state index is 11.9. The van der Waals surface area contributed by atoms with Crippen molar-refractivity contribution in [3.8, 4) is 0 Å². The van der Waals surface area contributed by atoms with Crippen molar-refractivity contribution >= 4 is 34.7 Å². The van der Waals surface area contributed by atoms with E-state index in [4.69, 9.17) is 16.1 Å². The molecule has 7 heteroatoms. The van der Waals surface area contributed by atoms with Crippen molar-refractivity contribution in [2.24, 2.45) is 0 Å². The third-order valence-electron chi connectivity index (χ3n) is 2.71. The van der Waals surface area contributed by atoms with E-state index >= 15 is 0 Å². The number of amides is 1. The average Bonchev–Trinajstić information content (AvgIpc) is 2.97. The molecule has 0 bridgehead atoms. The minimum absolute atomic E-state index is 0.120. The summed E-state index contributed by atoms with van der Waals surface area (Å²) >= 11 is 7.43. The average molecular weight is 314 g/mol. The number of thiophene rings is 1. The number of carbonyl (C=O) groups is 1. The summed E-state index contributed by atoms with van der Waals surface area (Å²) in [6.07, 6.45) is 0. The van der Waals surface area contributed by atoms with Crippen molar-refractivity contribution in [3.05, 3.63) is 33.1 Å². The molecule has 1 N–H and O–H groups in total. The molecule has 0 saturated heterocycles. The Morgan fingerprint density at radius 3 is 2.90 bits per heavy atom. The SMILES string of the molecule is CCN(CC(=O)Nc1cc(C)no1)Cc1ccc(Cl)s1. The first-order valence-electron chi connectivity index (χ1n) is 6.26. The highest BCUT2D eigenvalue weighted by molar-refractivity contribution is 7.16. The number of likely N-dealkylation sites (N-methyl/N-ethyl adjacent to an activating group) is 1. The van der Waals surface area contributed by atoms with Crippen LogP contribution < -0.4 is 5.32 Å². The summed E-state index contributed by atoms with van der Waals surface area (Å²) in [7, 11) is 0. The molecule has 2 heterocycles. The predicted octanol–water partition coefficient (Wildman–Crippen LogP) is 3.16. The molecule has 2 aromatic heterocycles. The van der Waals surface area contributed by atoms with Crippen molar-refractivity contribution in [1.82, 2.24) is 10.1 Å². The van der Waals surface area contributed by atoms with Crippen LogP contribution in [0.3, 0.4) is 0 Å². The van der Waals surface area contributed by atoms with Gasteiger partial charge in [-0.1, -0.05) is 23.7 Å². The Bertz CT molecular complexity index is 582. The van der Waals surface area contributed by atoms with Crippen LogP contribution in [0, 0.1) is 6.92 Å². The molecule has 0 aliphatic carbocycles. The molecule has 2 aromatic rings. The standard InChI is InChI=1S/C13H16ClN3O2S/c1-3-17(7-10-4-5-11(14)20-10)8-12(18)15-13-6-9(2)16-19-13/h4-6H,3,7-8H2,1-2H3,(H,15,18). The maximum absolute atomic E-state index is 11.9. The second kappa shape index (κ2) is 6.88. The highest BCUT2D eigenvalue weighted by atomic mass is 35.5. The second-order valence-electron chi connectivity index (χ2n) is 4.39. The molecule has 0 aromatic carbocycles. The zero-order valence-corrected chi connectivity index (χ0v) is 12.9. The van der Waals surface area contributed by atoms with Crippen molar-refractivity contribution in [3.63, 3.8) is 0 Å². The lowest BCUT2D eigenvalue weighted by molar-refractivity contribution is -0.117. The van der Waals surface area contributed by atoms with Crippen molar-refractivity contribution in [2.45, 2.75) is 20.4 Å². The van der Waals surface area contributed by atoms with Crippen LogP contribution in [-0.2, 0) is 11.3 Å². The number of hydrogen-bond acceptors (Lipinski definition) is 5. The minimum Gasteiger partial charge on any atom is -0.338 e. The third kappa shape index (κ3) is 4.33. The van der Waals surface area contributed by atoms with Crippen LogP contribution in [0.25, 0.3) is 0 Å². The molecular formula is C13H16ClN3O2S. The summed E-state index contributed by atoms with van der Waals surface area (Å²) in [4.78, 5) is 15.1. The smallest absolute Gasteiger partial charge is 0.240 e. The molecule has 0 atom stereocenters. The molecular weight excluding hydrogens is 298 g/mol. The van der Waals surface area contributed by atoms with E-state index in [-0.39, 0.29) is 5.91 Å². The number of nitrogens with one attached hydrogen (secondary N) is 1. The second-order valence-corrected chi connectivity index (χ2v) is 6.19. The monoisotopic (exact) mass is 313 g/mol. The number of carbonyl (C=O) groups excluding carboxylic acids is 1. The summed E-state index contributed by atoms with van der Waals surface area (Å²) in [6, 6.07) is 5.54. The Labute approximate surface area is 126 Å². The fourth-order valence-electron chi connectivity index (χ4n) is 1.74. The molecule has 0 radical (unpaired) electrons. The van der Waals surface area contributed by atoms with E-state index in [0.29, 0.717) is 19.0 Å². The lowest BCUT2D eigenvalue weighted by atomic mass is 10.4. The lowest BCUT2D eigenvalue weighted by Gasteiger charge is -2.18. The number of rotatable bonds is 6. The van der Waals surface area contributed by atoms with Crippen molar-refractivity contribution < 1.29 is 9.32 Å². The normalized spacial score (nSPS) is 11.0. The third-order valence-corrected chi connectivity index (χ3v) is 3.93. The first kappa shape index (κ1) is 15.0. The molecule has 0 saturated carbocycles. The highest BCUT2D eigenvalue weighted by Crippen LogP contribution is 2.22. The summed E-state index contributed by atoms with van der Waals surface area (Å²) < 4.78 is 5.72. The zero-order chi connectivity index (χ0) is 14.5. The van der Waals surface area contributed by atoms with Gasteiger partial charge in [0.25, 0.3) is 0 Å². The van der Waals surface area contributed by atoms with Crippen molar-refractivity contribution in [1.29, 1.82) is 0 Å². The number of aromatic nitrogens is 1. The Hall–Kier alpha value is -1.37. The molecule has 2 rings (SSSR count). The topological polar surface area (TPSA) is 58.4 Å². The fourth-order valence-corrected chi connectivity index (χ4v) is 2.87. The van der Waals surface area contributed by atoms with Gasteiger partial charge in [0.1, 0.15) is 0 Å². The minimum atomic E-state index is -0.120. The van der Waals surface area contributed by atoms with Crippen LogP contribution in [0.4, 0.5) is 5.88 Å². The van der Waals surface area contributed by atoms with E-state index in [1.165, 1.54) is 11.3 Å². The summed E-state index contributed by atoms with van der Waals surface area (Å²) in [6.45, 7) is 5.60. The molecule has 0 aliphatic heterocycles. The Kier molecular flexibility index (Phi) is 5.17. The number of hydrogen-bond donors (Lipinski definition) is 1. The van der Waals surface area contributed by atoms with Crippen LogP contribution in [0.15, 0.2) is 22.7 Å². The van der Waals surface area contributed by atoms with Crippen LogP contribution in [0.2, 0.25) is 4.34 Å². The quantitative estimate of drug-likeness (QED) is 0.890. The summed E-state index contributed by atoms with van der Waals surface area (Å²) in [5.74, 6) is 0.258. The first-order chi connectivity index (χ1) is 9.56. The van der Waals surface area contributed by atoms with E-state index in [2.05, 4.69) is 10.5 Å². The van der Waals surface area contributed by atoms with E-state index in [0.717, 1.165) is 21.5 Å². The van der Waals surface area contributed by atoms with Gasteiger partial charge in [0.2, 0.25) is 11.8 Å². The molecule has 5 nitrogen and oxygen atoms in total. The zero-order valence-electron chi connectivity index (χ0n) is 11.4. The molecule has 0 spiro atoms. The summed E-state index contributed by atoms with van der Waals surface area (Å²) in [5, 5.41) is 6.41. The lowest BCUT2D eigenvalue weighted by Crippen LogP contribution is -2.32. The molecule has 0 aliphatic rings. The van der Waals surface area contributed by atoms with Crippen LogP contribution in [-0.4, -0.2) is 29.1 Å². The van der Waals surface area contributed by atoms with Crippen LogP contribution in [0.1, 0.15) is 17.5 Å². The van der Waals surface area contributed by atoms with Gasteiger partial charge in [0, 0.05) is 17.5 Å². The number of halogens is 1. The van der Waals surface area contributed by atoms with E-state index in [1.807, 2.05) is 24.0 Å². The van der Waals surface area contributed by atoms with Gasteiger partial charge in [0.15, 0.2) is 0 Å². The van der Waals surface area contributed by atoms with Crippen LogP contribution >= 0.6 is 22.9 Å². The molecule has 108 valence electrons. The first-order valence-corrected chi connectivity index (χ1v) is 7.46. The van der Waals surface area contributed by atoms with Crippen molar-refractivity contribution in [2.75, 3.05) is 18.4 Å². The fraction of sp³-hybridized carbons (Fsp3) is 0.385. The van der Waals surface area contributed by atoms with Gasteiger partial charge < -0.3 is 4.52 Å². The van der Waals surface area contributed by atoms with E-state index in [9.17, 15) is 4.79 Å². The number of nitrogens with zero attached hydrogens (tertiary/aromatic N) is 2. The van der Waals surface area contributed by atoms with Gasteiger partial charge in [-0.15, -0.1) is 11.3 Å². The van der Waals surface area contributed by atoms with Gasteiger partial charge in [-0.3, -0.25) is 15.0 Å². The number of aryl methyl sites for hydroxylation is 1.